The van der Waals surface area contributed by atoms with Crippen molar-refractivity contribution in [2.75, 3.05) is 26.0 Å². The molecule has 0 aromatic heterocycles. The van der Waals surface area contributed by atoms with Crippen LogP contribution < -0.4 is 9.46 Å². The van der Waals surface area contributed by atoms with Crippen molar-refractivity contribution in [3.05, 3.63) is 29.8 Å². The van der Waals surface area contributed by atoms with Crippen molar-refractivity contribution < 1.29 is 27.8 Å². The molecule has 172 valence electrons. The van der Waals surface area contributed by atoms with E-state index in [4.69, 9.17) is 9.47 Å². The van der Waals surface area contributed by atoms with E-state index in [9.17, 15) is 18.3 Å². The molecule has 1 aliphatic carbocycles. The zero-order valence-corrected chi connectivity index (χ0v) is 18.7. The number of nitrogens with zero attached hydrogens (tertiary/aromatic N) is 1. The summed E-state index contributed by atoms with van der Waals surface area (Å²) in [5.74, 6) is 0.629. The highest BCUT2D eigenvalue weighted by Gasteiger charge is 2.40. The maximum absolute atomic E-state index is 13.4. The van der Waals surface area contributed by atoms with Gasteiger partial charge in [0.2, 0.25) is 10.0 Å². The van der Waals surface area contributed by atoms with Crippen molar-refractivity contribution in [2.45, 2.75) is 68.7 Å². The summed E-state index contributed by atoms with van der Waals surface area (Å²) in [6, 6.07) is 6.87. The summed E-state index contributed by atoms with van der Waals surface area (Å²) in [6.45, 7) is 0.289. The van der Waals surface area contributed by atoms with Gasteiger partial charge in [0.15, 0.2) is 6.10 Å². The average molecular weight is 453 g/mol. The molecule has 2 bridgehead atoms. The molecule has 1 saturated heterocycles. The Labute approximate surface area is 184 Å². The molecule has 2 fully saturated rings. The number of para-hydroxylation sites is 1. The van der Waals surface area contributed by atoms with Crippen molar-refractivity contribution in [1.29, 1.82) is 0 Å². The monoisotopic (exact) mass is 452 g/mol. The van der Waals surface area contributed by atoms with E-state index in [1.165, 1.54) is 0 Å². The van der Waals surface area contributed by atoms with Crippen LogP contribution in [0, 0.1) is 0 Å². The van der Waals surface area contributed by atoms with Crippen LogP contribution in [0.15, 0.2) is 24.3 Å². The number of nitrogens with one attached hydrogen (secondary N) is 1. The van der Waals surface area contributed by atoms with E-state index >= 15 is 0 Å². The van der Waals surface area contributed by atoms with Crippen LogP contribution in [0.2, 0.25) is 0 Å². The van der Waals surface area contributed by atoms with Gasteiger partial charge in [0.05, 0.1) is 31.6 Å². The highest BCUT2D eigenvalue weighted by molar-refractivity contribution is 7.88. The average Bonchev–Trinajstić information content (AvgIpc) is 2.76. The topological polar surface area (TPSA) is 105 Å². The second-order valence-corrected chi connectivity index (χ2v) is 10.7. The second-order valence-electron chi connectivity index (χ2n) is 8.87. The highest BCUT2D eigenvalue weighted by atomic mass is 32.2. The molecule has 9 heteroatoms. The van der Waals surface area contributed by atoms with Crippen LogP contribution in [0.3, 0.4) is 0 Å². The summed E-state index contributed by atoms with van der Waals surface area (Å²) < 4.78 is 38.9. The molecular formula is C22H32N2O6S. The van der Waals surface area contributed by atoms with Gasteiger partial charge in [-0.05, 0) is 56.1 Å². The molecule has 3 atom stereocenters. The Balaban J connectivity index is 1.68. The molecule has 5 rings (SSSR count). The molecule has 0 radical (unpaired) electrons. The van der Waals surface area contributed by atoms with Gasteiger partial charge in [0.1, 0.15) is 5.75 Å². The minimum atomic E-state index is -3.44. The van der Waals surface area contributed by atoms with Gasteiger partial charge in [-0.25, -0.2) is 13.1 Å². The second kappa shape index (κ2) is 9.44. The van der Waals surface area contributed by atoms with Gasteiger partial charge < -0.3 is 19.5 Å². The lowest BCUT2D eigenvalue weighted by atomic mass is 9.82. The summed E-state index contributed by atoms with van der Waals surface area (Å²) >= 11 is 0. The zero-order valence-electron chi connectivity index (χ0n) is 17.9. The van der Waals surface area contributed by atoms with Crippen molar-refractivity contribution in [2.24, 2.45) is 0 Å². The number of hydrogen-bond donors (Lipinski definition) is 2. The Hall–Kier alpha value is -1.68. The van der Waals surface area contributed by atoms with Gasteiger partial charge in [-0.2, -0.15) is 0 Å². The van der Waals surface area contributed by atoms with Gasteiger partial charge in [0.25, 0.3) is 5.91 Å². The van der Waals surface area contributed by atoms with Gasteiger partial charge in [-0.1, -0.05) is 18.2 Å². The van der Waals surface area contributed by atoms with E-state index in [0.717, 1.165) is 37.5 Å². The van der Waals surface area contributed by atoms with E-state index in [-0.39, 0.29) is 18.6 Å². The lowest BCUT2D eigenvalue weighted by molar-refractivity contribution is -0.147. The molecule has 3 aliphatic heterocycles. The standard InChI is InChI=1S/C22H32N2O6S/c1-31(27,28)23-18-6-4-12-24-19(18)14-29-16-10-8-15(9-11-16)17-5-2-3-7-20(17)30-21(13-25)22(24)26/h2-3,5,7,15-16,18-19,21,23,25H,4,6,8-14H2,1H3/t15?,16?,18?,19-,21-/m0/s1. The van der Waals surface area contributed by atoms with Crippen LogP contribution >= 0.6 is 0 Å². The fourth-order valence-corrected chi connectivity index (χ4v) is 5.98. The number of carbonyl (C=O) groups is 1. The zero-order chi connectivity index (χ0) is 22.0. The lowest BCUT2D eigenvalue weighted by Crippen LogP contribution is -2.61. The molecular weight excluding hydrogens is 420 g/mol. The van der Waals surface area contributed by atoms with Crippen LogP contribution in [0.25, 0.3) is 0 Å². The molecule has 31 heavy (non-hydrogen) atoms. The smallest absolute Gasteiger partial charge is 0.266 e. The van der Waals surface area contributed by atoms with Gasteiger partial charge in [-0.15, -0.1) is 0 Å². The largest absolute Gasteiger partial charge is 0.478 e. The number of rotatable bonds is 3. The first-order chi connectivity index (χ1) is 14.9. The molecule has 4 aliphatic rings. The minimum Gasteiger partial charge on any atom is -0.478 e. The fourth-order valence-electron chi connectivity index (χ4n) is 5.15. The van der Waals surface area contributed by atoms with Crippen LogP contribution in [-0.2, 0) is 19.6 Å². The number of fused-ring (bicyclic) bond motifs is 5. The van der Waals surface area contributed by atoms with Crippen LogP contribution in [0.4, 0.5) is 0 Å². The summed E-state index contributed by atoms with van der Waals surface area (Å²) in [7, 11) is -3.44. The predicted molar refractivity (Wildman–Crippen MR) is 115 cm³/mol. The number of benzene rings is 1. The molecule has 1 aromatic rings. The quantitative estimate of drug-likeness (QED) is 0.718. The van der Waals surface area contributed by atoms with Crippen molar-refractivity contribution in [3.63, 3.8) is 0 Å². The van der Waals surface area contributed by atoms with Crippen molar-refractivity contribution in [1.82, 2.24) is 9.62 Å². The predicted octanol–water partition coefficient (Wildman–Crippen LogP) is 1.39. The fraction of sp³-hybridized carbons (Fsp3) is 0.682. The number of aliphatic hydroxyl groups excluding tert-OH is 1. The van der Waals surface area contributed by atoms with Crippen molar-refractivity contribution in [3.8, 4) is 5.75 Å². The third kappa shape index (κ3) is 5.22. The van der Waals surface area contributed by atoms with E-state index in [0.29, 0.717) is 31.1 Å². The van der Waals surface area contributed by atoms with E-state index in [1.807, 2.05) is 24.3 Å². The van der Waals surface area contributed by atoms with Crippen LogP contribution in [0.1, 0.15) is 50.0 Å². The maximum atomic E-state index is 13.4. The van der Waals surface area contributed by atoms with Crippen molar-refractivity contribution >= 4 is 15.9 Å². The molecule has 0 spiro atoms. The summed E-state index contributed by atoms with van der Waals surface area (Å²) in [5, 5.41) is 10.0. The Morgan fingerprint density at radius 1 is 1.16 bits per heavy atom. The van der Waals surface area contributed by atoms with Gasteiger partial charge in [-0.3, -0.25) is 4.79 Å². The summed E-state index contributed by atoms with van der Waals surface area (Å²) in [6.07, 6.45) is 5.22. The number of amides is 1. The molecule has 2 N–H and O–H groups in total. The molecule has 1 amide bonds. The lowest BCUT2D eigenvalue weighted by Gasteiger charge is -2.42. The van der Waals surface area contributed by atoms with Gasteiger partial charge in [0, 0.05) is 12.6 Å². The third-order valence-corrected chi connectivity index (χ3v) is 7.40. The Morgan fingerprint density at radius 2 is 1.90 bits per heavy atom. The molecule has 1 unspecified atom stereocenters. The van der Waals surface area contributed by atoms with Crippen LogP contribution in [0.5, 0.6) is 5.75 Å². The number of sulfonamides is 1. The van der Waals surface area contributed by atoms with E-state index < -0.39 is 34.8 Å². The maximum Gasteiger partial charge on any atom is 0.266 e. The third-order valence-electron chi connectivity index (χ3n) is 6.67. The Kier molecular flexibility index (Phi) is 6.86. The molecule has 8 nitrogen and oxygen atoms in total. The Bertz CT molecular complexity index is 884. The van der Waals surface area contributed by atoms with E-state index in [2.05, 4.69) is 4.72 Å². The molecule has 3 heterocycles. The summed E-state index contributed by atoms with van der Waals surface area (Å²) in [4.78, 5) is 15.1. The molecule has 1 saturated carbocycles. The number of carbonyl (C=O) groups excluding carboxylic acids is 1. The number of hydrogen-bond acceptors (Lipinski definition) is 6. The number of ether oxygens (including phenoxy) is 2. The first kappa shape index (κ1) is 22.5. The van der Waals surface area contributed by atoms with E-state index in [1.54, 1.807) is 4.90 Å². The first-order valence-electron chi connectivity index (χ1n) is 11.1. The number of piperidine rings is 1. The SMILES string of the molecule is CS(=O)(=O)NC1CCCN2C(=O)[C@H](CO)Oc3ccccc3C3CCC(CC3)OC[C@@H]12. The van der Waals surface area contributed by atoms with Crippen LogP contribution in [-0.4, -0.2) is 74.6 Å². The normalized spacial score (nSPS) is 32.1. The molecule has 1 aromatic carbocycles. The Morgan fingerprint density at radius 3 is 2.61 bits per heavy atom. The first-order valence-corrected chi connectivity index (χ1v) is 13.0. The van der Waals surface area contributed by atoms with Gasteiger partial charge >= 0.3 is 0 Å². The highest BCUT2D eigenvalue weighted by Crippen LogP contribution is 2.39. The summed E-state index contributed by atoms with van der Waals surface area (Å²) in [5.41, 5.74) is 1.07. The minimum absolute atomic E-state index is 0.0940. The number of aliphatic hydroxyl groups is 1.